The van der Waals surface area contributed by atoms with E-state index < -0.39 is 0 Å². The van der Waals surface area contributed by atoms with Gasteiger partial charge in [0, 0.05) is 18.9 Å². The van der Waals surface area contributed by atoms with Gasteiger partial charge in [0.2, 0.25) is 11.2 Å². The third kappa shape index (κ3) is 1.30. The highest BCUT2D eigenvalue weighted by Crippen LogP contribution is 2.29. The van der Waals surface area contributed by atoms with Crippen molar-refractivity contribution in [3.63, 3.8) is 0 Å². The topological polar surface area (TPSA) is 70.0 Å². The average molecular weight is 228 g/mol. The number of nitrogens with zero attached hydrogens (tertiary/aromatic N) is 1. The van der Waals surface area contributed by atoms with E-state index >= 15 is 0 Å². The highest BCUT2D eigenvalue weighted by Gasteiger charge is 2.29. The number of hydrogen-bond donors (Lipinski definition) is 1. The number of carbonyl (C=O) groups is 1. The minimum Gasteiger partial charge on any atom is -0.618 e. The van der Waals surface area contributed by atoms with Crippen molar-refractivity contribution in [3.05, 3.63) is 40.7 Å². The first-order chi connectivity index (χ1) is 8.20. The molecule has 0 unspecified atom stereocenters. The zero-order valence-electron chi connectivity index (χ0n) is 9.27. The van der Waals surface area contributed by atoms with Crippen LogP contribution in [0.1, 0.15) is 28.9 Å². The van der Waals surface area contributed by atoms with Gasteiger partial charge in [-0.2, -0.15) is 4.73 Å². The van der Waals surface area contributed by atoms with Gasteiger partial charge >= 0.3 is 0 Å². The number of para-hydroxylation sites is 1. The number of benzene rings is 1. The van der Waals surface area contributed by atoms with Crippen molar-refractivity contribution in [1.82, 2.24) is 0 Å². The third-order valence-corrected chi connectivity index (χ3v) is 3.31. The molecule has 1 aromatic carbocycles. The SMILES string of the molecule is Nc1c2c([n+]([O-])c3ccccc13)CCCC2=O. The predicted molar refractivity (Wildman–Crippen MR) is 64.6 cm³/mol. The highest BCUT2D eigenvalue weighted by molar-refractivity contribution is 6.08. The van der Waals surface area contributed by atoms with Gasteiger partial charge in [-0.05, 0) is 12.5 Å². The van der Waals surface area contributed by atoms with Gasteiger partial charge in [-0.25, -0.2) is 0 Å². The zero-order chi connectivity index (χ0) is 12.0. The molecule has 1 heterocycles. The van der Waals surface area contributed by atoms with Crippen LogP contribution in [-0.4, -0.2) is 5.78 Å². The number of Topliss-reactive ketones (excluding diaryl/α,β-unsaturated/α-hetero) is 1. The van der Waals surface area contributed by atoms with Crippen molar-refractivity contribution in [1.29, 1.82) is 0 Å². The van der Waals surface area contributed by atoms with E-state index in [-0.39, 0.29) is 5.78 Å². The number of nitrogens with two attached hydrogens (primary N) is 1. The molecule has 0 bridgehead atoms. The van der Waals surface area contributed by atoms with E-state index in [1.165, 1.54) is 0 Å². The molecule has 1 aliphatic rings. The molecule has 3 rings (SSSR count). The molecule has 0 radical (unpaired) electrons. The second-order valence-corrected chi connectivity index (χ2v) is 4.32. The average Bonchev–Trinajstić information content (AvgIpc) is 2.36. The van der Waals surface area contributed by atoms with Crippen LogP contribution in [0.4, 0.5) is 5.69 Å². The fourth-order valence-electron chi connectivity index (χ4n) is 2.49. The lowest BCUT2D eigenvalue weighted by Crippen LogP contribution is -2.37. The van der Waals surface area contributed by atoms with Crippen molar-refractivity contribution < 1.29 is 9.52 Å². The normalized spacial score (nSPS) is 14.9. The lowest BCUT2D eigenvalue weighted by molar-refractivity contribution is -0.586. The minimum atomic E-state index is -0.0147. The molecule has 4 heteroatoms. The molecule has 0 atom stereocenters. The van der Waals surface area contributed by atoms with E-state index in [0.29, 0.717) is 40.7 Å². The van der Waals surface area contributed by atoms with E-state index in [0.717, 1.165) is 11.2 Å². The zero-order valence-corrected chi connectivity index (χ0v) is 9.27. The molecule has 0 fully saturated rings. The van der Waals surface area contributed by atoms with Crippen molar-refractivity contribution >= 4 is 22.4 Å². The number of anilines is 1. The van der Waals surface area contributed by atoms with Crippen molar-refractivity contribution in [2.45, 2.75) is 19.3 Å². The van der Waals surface area contributed by atoms with Crippen LogP contribution in [-0.2, 0) is 6.42 Å². The fraction of sp³-hybridized carbons (Fsp3) is 0.231. The molecule has 1 aliphatic carbocycles. The number of nitrogen functional groups attached to an aromatic ring is 1. The lowest BCUT2D eigenvalue weighted by Gasteiger charge is -2.17. The molecule has 0 amide bonds. The number of pyridine rings is 1. The Morgan fingerprint density at radius 2 is 2.00 bits per heavy atom. The van der Waals surface area contributed by atoms with E-state index in [1.54, 1.807) is 18.2 Å². The van der Waals surface area contributed by atoms with Crippen molar-refractivity contribution in [2.24, 2.45) is 0 Å². The molecule has 17 heavy (non-hydrogen) atoms. The number of fused-ring (bicyclic) bond motifs is 2. The van der Waals surface area contributed by atoms with Gasteiger partial charge in [-0.15, -0.1) is 0 Å². The number of hydrogen-bond acceptors (Lipinski definition) is 3. The predicted octanol–water partition coefficient (Wildman–Crippen LogP) is 1.57. The Kier molecular flexibility index (Phi) is 2.04. The van der Waals surface area contributed by atoms with Gasteiger partial charge in [-0.1, -0.05) is 12.1 Å². The van der Waals surface area contributed by atoms with Crippen molar-refractivity contribution in [3.8, 4) is 0 Å². The van der Waals surface area contributed by atoms with Gasteiger partial charge in [0.15, 0.2) is 5.78 Å². The van der Waals surface area contributed by atoms with E-state index in [9.17, 15) is 10.0 Å². The van der Waals surface area contributed by atoms with Crippen LogP contribution in [0, 0.1) is 5.21 Å². The van der Waals surface area contributed by atoms with Crippen LogP contribution in [0.5, 0.6) is 0 Å². The van der Waals surface area contributed by atoms with Crippen LogP contribution in [0.2, 0.25) is 0 Å². The smallest absolute Gasteiger partial charge is 0.226 e. The van der Waals surface area contributed by atoms with Gasteiger partial charge in [-0.3, -0.25) is 4.79 Å². The lowest BCUT2D eigenvalue weighted by atomic mass is 9.92. The fourth-order valence-corrected chi connectivity index (χ4v) is 2.49. The van der Waals surface area contributed by atoms with Crippen molar-refractivity contribution in [2.75, 3.05) is 5.73 Å². The first-order valence-electron chi connectivity index (χ1n) is 5.66. The third-order valence-electron chi connectivity index (χ3n) is 3.31. The molecule has 2 aromatic rings. The molecule has 86 valence electrons. The van der Waals surface area contributed by atoms with Crippen LogP contribution in [0.15, 0.2) is 24.3 Å². The summed E-state index contributed by atoms with van der Waals surface area (Å²) in [4.78, 5) is 11.9. The van der Waals surface area contributed by atoms with Crippen LogP contribution in [0.3, 0.4) is 0 Å². The molecule has 0 spiro atoms. The molecule has 0 aliphatic heterocycles. The summed E-state index contributed by atoms with van der Waals surface area (Å²) in [6, 6.07) is 7.13. The first kappa shape index (κ1) is 10.1. The quantitative estimate of drug-likeness (QED) is 0.549. The van der Waals surface area contributed by atoms with Crippen LogP contribution < -0.4 is 10.5 Å². The first-order valence-corrected chi connectivity index (χ1v) is 5.66. The number of ketones is 1. The van der Waals surface area contributed by atoms with Crippen LogP contribution in [0.25, 0.3) is 10.9 Å². The molecule has 2 N–H and O–H groups in total. The maximum atomic E-state index is 12.2. The summed E-state index contributed by atoms with van der Waals surface area (Å²) < 4.78 is 0.859. The highest BCUT2D eigenvalue weighted by atomic mass is 16.5. The molecule has 4 nitrogen and oxygen atoms in total. The summed E-state index contributed by atoms with van der Waals surface area (Å²) in [6.45, 7) is 0. The molecule has 0 saturated heterocycles. The molecule has 1 aromatic heterocycles. The van der Waals surface area contributed by atoms with E-state index in [1.807, 2.05) is 6.07 Å². The standard InChI is InChI=1S/C13H12N2O2/c14-13-8-4-1-2-5-9(8)15(17)10-6-3-7-11(16)12(10)13/h1-2,4-5H,3,6-7,14H2. The Morgan fingerprint density at radius 3 is 2.82 bits per heavy atom. The molecular formula is C13H12N2O2. The van der Waals surface area contributed by atoms with Gasteiger partial charge in [0.1, 0.15) is 5.56 Å². The number of rotatable bonds is 0. The number of aromatic nitrogens is 1. The monoisotopic (exact) mass is 228 g/mol. The molecular weight excluding hydrogens is 216 g/mol. The summed E-state index contributed by atoms with van der Waals surface area (Å²) in [5.74, 6) is -0.0147. The Bertz CT molecular complexity index is 635. The Hall–Kier alpha value is -2.10. The second-order valence-electron chi connectivity index (χ2n) is 4.32. The van der Waals surface area contributed by atoms with E-state index in [2.05, 4.69) is 0 Å². The number of carbonyl (C=O) groups excluding carboxylic acids is 1. The summed E-state index contributed by atoms with van der Waals surface area (Å²) in [5, 5.41) is 12.8. The maximum Gasteiger partial charge on any atom is 0.226 e. The summed E-state index contributed by atoms with van der Waals surface area (Å²) in [5.41, 5.74) is 7.98. The maximum absolute atomic E-state index is 12.2. The second kappa shape index (κ2) is 3.45. The van der Waals surface area contributed by atoms with Crippen LogP contribution >= 0.6 is 0 Å². The largest absolute Gasteiger partial charge is 0.618 e. The van der Waals surface area contributed by atoms with Gasteiger partial charge in [0.25, 0.3) is 0 Å². The Morgan fingerprint density at radius 1 is 1.24 bits per heavy atom. The Balaban J connectivity index is 2.48. The summed E-state index contributed by atoms with van der Waals surface area (Å²) in [6.07, 6.45) is 1.83. The minimum absolute atomic E-state index is 0.0147. The Labute approximate surface area is 98.2 Å². The van der Waals surface area contributed by atoms with E-state index in [4.69, 9.17) is 5.73 Å². The summed E-state index contributed by atoms with van der Waals surface area (Å²) >= 11 is 0. The summed E-state index contributed by atoms with van der Waals surface area (Å²) in [7, 11) is 0. The van der Waals surface area contributed by atoms with Gasteiger partial charge in [0.05, 0.1) is 11.1 Å². The van der Waals surface area contributed by atoms with Gasteiger partial charge < -0.3 is 10.9 Å². The molecule has 0 saturated carbocycles.